The first-order valence-electron chi connectivity index (χ1n) is 10.3. The third kappa shape index (κ3) is 3.29. The minimum atomic E-state index is -0.569. The molecule has 6 heteroatoms. The van der Waals surface area contributed by atoms with E-state index in [1.165, 1.54) is 11.6 Å². The Balaban J connectivity index is 1.52. The molecule has 2 atom stereocenters. The molecule has 1 saturated heterocycles. The fraction of sp³-hybridized carbons (Fsp3) is 0.435. The number of fused-ring (bicyclic) bond motifs is 1. The van der Waals surface area contributed by atoms with Crippen LogP contribution >= 0.6 is 0 Å². The lowest BCUT2D eigenvalue weighted by Gasteiger charge is -2.41. The summed E-state index contributed by atoms with van der Waals surface area (Å²) < 4.78 is 34.9. The molecule has 1 fully saturated rings. The van der Waals surface area contributed by atoms with Crippen molar-refractivity contribution in [1.82, 2.24) is 9.80 Å². The smallest absolute Gasteiger partial charge is 0.288 e. The number of amidine groups is 1. The van der Waals surface area contributed by atoms with Gasteiger partial charge in [-0.25, -0.2) is 13.8 Å². The normalized spacial score (nSPS) is 26.9. The summed E-state index contributed by atoms with van der Waals surface area (Å²) >= 11 is 0. The van der Waals surface area contributed by atoms with Gasteiger partial charge in [0.15, 0.2) is 0 Å². The lowest BCUT2D eigenvalue weighted by atomic mass is 9.88. The van der Waals surface area contributed by atoms with Crippen LogP contribution in [0.1, 0.15) is 35.6 Å². The molecule has 0 aliphatic carbocycles. The van der Waals surface area contributed by atoms with Gasteiger partial charge >= 0.3 is 0 Å². The maximum absolute atomic E-state index is 14.8. The maximum atomic E-state index is 14.8. The van der Waals surface area contributed by atoms with Gasteiger partial charge in [-0.05, 0) is 50.0 Å². The summed E-state index contributed by atoms with van der Waals surface area (Å²) in [6.07, 6.45) is 2.90. The van der Waals surface area contributed by atoms with Crippen LogP contribution in [0.4, 0.5) is 8.78 Å². The summed E-state index contributed by atoms with van der Waals surface area (Å²) in [5.41, 5.74) is 2.37. The molecule has 29 heavy (non-hydrogen) atoms. The van der Waals surface area contributed by atoms with E-state index >= 15 is 0 Å². The van der Waals surface area contributed by atoms with Gasteiger partial charge in [-0.1, -0.05) is 30.3 Å². The zero-order chi connectivity index (χ0) is 20.0. The molecule has 0 saturated carbocycles. The molecule has 3 aliphatic heterocycles. The molecule has 0 aromatic heterocycles. The van der Waals surface area contributed by atoms with Crippen LogP contribution in [-0.4, -0.2) is 54.6 Å². The van der Waals surface area contributed by atoms with E-state index in [0.29, 0.717) is 24.7 Å². The Morgan fingerprint density at radius 3 is 2.79 bits per heavy atom. The zero-order valence-corrected chi connectivity index (χ0v) is 16.6. The number of hydrogen-bond acceptors (Lipinski definition) is 4. The number of likely N-dealkylation sites (N-methyl/N-ethyl adjacent to an activating group) is 1. The van der Waals surface area contributed by atoms with Crippen molar-refractivity contribution in [2.24, 2.45) is 4.99 Å². The van der Waals surface area contributed by atoms with Gasteiger partial charge in [0.2, 0.25) is 0 Å². The van der Waals surface area contributed by atoms with E-state index in [0.717, 1.165) is 44.0 Å². The molecule has 0 radical (unpaired) electrons. The molecule has 4 nitrogen and oxygen atoms in total. The summed E-state index contributed by atoms with van der Waals surface area (Å²) in [5, 5.41) is 0. The highest BCUT2D eigenvalue weighted by molar-refractivity contribution is 5.78. The molecule has 3 aliphatic rings. The second kappa shape index (κ2) is 7.10. The average molecular weight is 397 g/mol. The number of aliphatic imine (C=N–C) groups is 1. The number of nitrogens with zero attached hydrogens (tertiary/aromatic N) is 3. The van der Waals surface area contributed by atoms with Gasteiger partial charge in [0.1, 0.15) is 17.2 Å². The molecular weight excluding hydrogens is 372 g/mol. The Kier molecular flexibility index (Phi) is 4.54. The second-order valence-corrected chi connectivity index (χ2v) is 8.44. The van der Waals surface area contributed by atoms with Crippen molar-refractivity contribution in [1.29, 1.82) is 0 Å². The molecule has 0 bridgehead atoms. The molecule has 152 valence electrons. The van der Waals surface area contributed by atoms with E-state index in [2.05, 4.69) is 22.9 Å². The fourth-order valence-corrected chi connectivity index (χ4v) is 4.98. The van der Waals surface area contributed by atoms with E-state index in [1.807, 2.05) is 18.2 Å². The lowest BCUT2D eigenvalue weighted by Crippen LogP contribution is -2.51. The first-order chi connectivity index (χ1) is 14.0. The quantitative estimate of drug-likeness (QED) is 0.734. The molecule has 3 heterocycles. The molecule has 5 rings (SSSR count). The SMILES string of the molecule is CN1CCC[C@@]2(CN=C(N3CCc4ccccc4[C@@H]3c3ccc(F)cc3F)O2)C1. The summed E-state index contributed by atoms with van der Waals surface area (Å²) in [7, 11) is 2.11. The van der Waals surface area contributed by atoms with Gasteiger partial charge in [-0.2, -0.15) is 0 Å². The fourth-order valence-electron chi connectivity index (χ4n) is 4.98. The number of benzene rings is 2. The van der Waals surface area contributed by atoms with Gasteiger partial charge in [-0.15, -0.1) is 0 Å². The number of halogens is 2. The third-order valence-corrected chi connectivity index (χ3v) is 6.33. The largest absolute Gasteiger partial charge is 0.455 e. The van der Waals surface area contributed by atoms with Crippen LogP contribution in [0.25, 0.3) is 0 Å². The van der Waals surface area contributed by atoms with Crippen LogP contribution in [-0.2, 0) is 11.2 Å². The Morgan fingerprint density at radius 2 is 1.97 bits per heavy atom. The van der Waals surface area contributed by atoms with Crippen LogP contribution in [0, 0.1) is 11.6 Å². The monoisotopic (exact) mass is 397 g/mol. The van der Waals surface area contributed by atoms with Crippen LogP contribution in [0.3, 0.4) is 0 Å². The van der Waals surface area contributed by atoms with Crippen molar-refractivity contribution in [2.75, 3.05) is 33.2 Å². The highest BCUT2D eigenvalue weighted by Gasteiger charge is 2.44. The van der Waals surface area contributed by atoms with Gasteiger partial charge in [0.05, 0.1) is 12.6 Å². The van der Waals surface area contributed by atoms with Crippen molar-refractivity contribution in [3.05, 3.63) is 70.8 Å². The van der Waals surface area contributed by atoms with Gasteiger partial charge < -0.3 is 14.5 Å². The number of likely N-dealkylation sites (tertiary alicyclic amines) is 1. The Bertz CT molecular complexity index is 963. The minimum Gasteiger partial charge on any atom is -0.455 e. The highest BCUT2D eigenvalue weighted by Crippen LogP contribution is 2.39. The molecule has 0 unspecified atom stereocenters. The summed E-state index contributed by atoms with van der Waals surface area (Å²) in [6, 6.07) is 12.1. The highest BCUT2D eigenvalue weighted by atomic mass is 19.1. The standard InChI is InChI=1S/C23H25F2N3O/c1-27-11-4-10-23(15-27)14-26-22(29-23)28-12-9-16-5-2-3-6-18(16)21(28)19-8-7-17(24)13-20(19)25/h2-3,5-8,13,21H,4,9-12,14-15H2,1H3/t21-,23-/m1/s1. The van der Waals surface area contributed by atoms with Crippen LogP contribution in [0.5, 0.6) is 0 Å². The number of piperidine rings is 1. The van der Waals surface area contributed by atoms with E-state index in [9.17, 15) is 8.78 Å². The topological polar surface area (TPSA) is 28.1 Å². The molecule has 2 aromatic rings. The van der Waals surface area contributed by atoms with Crippen molar-refractivity contribution >= 4 is 6.02 Å². The molecule has 1 spiro atoms. The number of ether oxygens (including phenoxy) is 1. The first-order valence-corrected chi connectivity index (χ1v) is 10.3. The predicted molar refractivity (Wildman–Crippen MR) is 108 cm³/mol. The van der Waals surface area contributed by atoms with Crippen molar-refractivity contribution in [3.8, 4) is 0 Å². The van der Waals surface area contributed by atoms with Gasteiger partial charge in [0, 0.05) is 24.7 Å². The zero-order valence-electron chi connectivity index (χ0n) is 16.6. The number of hydrogen-bond donors (Lipinski definition) is 0. The second-order valence-electron chi connectivity index (χ2n) is 8.44. The summed E-state index contributed by atoms with van der Waals surface area (Å²) in [4.78, 5) is 9.10. The third-order valence-electron chi connectivity index (χ3n) is 6.33. The summed E-state index contributed by atoms with van der Waals surface area (Å²) in [5.74, 6) is -1.11. The van der Waals surface area contributed by atoms with Crippen molar-refractivity contribution < 1.29 is 13.5 Å². The van der Waals surface area contributed by atoms with Gasteiger partial charge in [-0.3, -0.25) is 0 Å². The number of rotatable bonds is 1. The predicted octanol–water partition coefficient (Wildman–Crippen LogP) is 3.76. The van der Waals surface area contributed by atoms with Crippen LogP contribution in [0.2, 0.25) is 0 Å². The van der Waals surface area contributed by atoms with Crippen molar-refractivity contribution in [3.63, 3.8) is 0 Å². The van der Waals surface area contributed by atoms with Crippen LogP contribution < -0.4 is 0 Å². The van der Waals surface area contributed by atoms with E-state index < -0.39 is 11.6 Å². The Hall–Kier alpha value is -2.47. The summed E-state index contributed by atoms with van der Waals surface area (Å²) in [6.45, 7) is 3.23. The van der Waals surface area contributed by atoms with Gasteiger partial charge in [0.25, 0.3) is 6.02 Å². The molecule has 0 N–H and O–H groups in total. The molecule has 0 amide bonds. The van der Waals surface area contributed by atoms with E-state index in [4.69, 9.17) is 9.73 Å². The van der Waals surface area contributed by atoms with E-state index in [1.54, 1.807) is 6.07 Å². The van der Waals surface area contributed by atoms with E-state index in [-0.39, 0.29) is 11.6 Å². The molecule has 2 aromatic carbocycles. The van der Waals surface area contributed by atoms with Crippen LogP contribution in [0.15, 0.2) is 47.5 Å². The van der Waals surface area contributed by atoms with Crippen molar-refractivity contribution in [2.45, 2.75) is 30.9 Å². The Morgan fingerprint density at radius 1 is 1.10 bits per heavy atom. The molecular formula is C23H25F2N3O. The maximum Gasteiger partial charge on any atom is 0.288 e. The first kappa shape index (κ1) is 18.6. The lowest BCUT2D eigenvalue weighted by molar-refractivity contribution is 0.000194. The minimum absolute atomic E-state index is 0.287. The average Bonchev–Trinajstić information content (AvgIpc) is 3.10. The Labute approximate surface area is 169 Å².